The van der Waals surface area contributed by atoms with Gasteiger partial charge in [-0.3, -0.25) is 19.2 Å². The summed E-state index contributed by atoms with van der Waals surface area (Å²) in [5.74, 6) is -1.06. The van der Waals surface area contributed by atoms with E-state index in [-0.39, 0.29) is 36.6 Å². The molecule has 4 rings (SSSR count). The third-order valence-corrected chi connectivity index (χ3v) is 8.76. The summed E-state index contributed by atoms with van der Waals surface area (Å²) >= 11 is 0. The molecule has 2 amide bonds. The van der Waals surface area contributed by atoms with E-state index in [9.17, 15) is 19.2 Å². The number of nitrogens with zero attached hydrogens (tertiary/aromatic N) is 1. The fraction of sp³-hybridized carbons (Fsp3) is 0.400. The Bertz CT molecular complexity index is 1830. The van der Waals surface area contributed by atoms with E-state index < -0.39 is 0 Å². The molecule has 0 unspecified atom stereocenters. The Morgan fingerprint density at radius 1 is 0.733 bits per heavy atom. The Hall–Kier alpha value is -4.73. The lowest BCUT2D eigenvalue weighted by molar-refractivity contribution is -0.141. The summed E-state index contributed by atoms with van der Waals surface area (Å²) < 4.78 is 9.70. The number of rotatable bonds is 11. The van der Waals surface area contributed by atoms with Gasteiger partial charge in [0.25, 0.3) is 11.8 Å². The van der Waals surface area contributed by atoms with Crippen LogP contribution in [0.25, 0.3) is 18.2 Å². The molecule has 0 saturated carbocycles. The number of carbonyl (C=O) groups is 4. The number of hydrogen-bond acceptors (Lipinski definition) is 6. The molecule has 0 saturated heterocycles. The van der Waals surface area contributed by atoms with E-state index in [1.807, 2.05) is 39.0 Å². The number of methoxy groups -OCH3 is 2. The quantitative estimate of drug-likeness (QED) is 0.330. The topological polar surface area (TPSA) is 143 Å². The Labute approximate surface area is 263 Å². The van der Waals surface area contributed by atoms with E-state index >= 15 is 0 Å². The maximum atomic E-state index is 12.6. The molecular formula is C35H42N4O6. The molecule has 3 N–H and O–H groups in total. The highest BCUT2D eigenvalue weighted by molar-refractivity contribution is 6.30. The number of aromatic amines is 2. The number of nitrogens with one attached hydrogen (secondary N) is 3. The third kappa shape index (κ3) is 6.84. The summed E-state index contributed by atoms with van der Waals surface area (Å²) in [7, 11) is 2.71. The van der Waals surface area contributed by atoms with Gasteiger partial charge in [-0.2, -0.15) is 0 Å². The predicted octanol–water partition coefficient (Wildman–Crippen LogP) is 3.69. The smallest absolute Gasteiger partial charge is 0.305 e. The third-order valence-electron chi connectivity index (χ3n) is 8.76. The summed E-state index contributed by atoms with van der Waals surface area (Å²) in [5, 5.41) is 4.74. The van der Waals surface area contributed by atoms with Gasteiger partial charge in [-0.15, -0.1) is 0 Å². The highest BCUT2D eigenvalue weighted by Crippen LogP contribution is 2.30. The summed E-state index contributed by atoms with van der Waals surface area (Å²) in [6, 6.07) is 0. The zero-order chi connectivity index (χ0) is 33.0. The Balaban J connectivity index is 1.83. The predicted molar refractivity (Wildman–Crippen MR) is 174 cm³/mol. The van der Waals surface area contributed by atoms with Gasteiger partial charge in [0, 0.05) is 51.8 Å². The normalized spacial score (nSPS) is 16.8. The molecule has 45 heavy (non-hydrogen) atoms. The number of aromatic nitrogens is 2. The molecular weight excluding hydrogens is 572 g/mol. The first-order chi connectivity index (χ1) is 21.4. The number of hydrogen-bond donors (Lipinski definition) is 3. The molecule has 2 aliphatic rings. The minimum Gasteiger partial charge on any atom is -0.469 e. The zero-order valence-corrected chi connectivity index (χ0v) is 27.4. The number of amides is 2. The molecule has 0 radical (unpaired) electrons. The standard InChI is InChI=1S/C35H42N4O6/c1-9-22-18(3)26(36-29(22)16-28-19(4)23(10-2)35(43)38-28)15-27-20(5)24(11-13-32(40)44-7)30(37-27)17-31-25(12-14-33(41)45-8)21(6)34(42)39-31/h15-17,36-37H,9-14H2,1-8H3,(H,39,42)/b26-15-,29-16-,31-17-. The van der Waals surface area contributed by atoms with Gasteiger partial charge in [-0.1, -0.05) is 13.8 Å². The van der Waals surface area contributed by atoms with Gasteiger partial charge in [-0.25, -0.2) is 4.99 Å². The van der Waals surface area contributed by atoms with Gasteiger partial charge in [0.2, 0.25) is 0 Å². The molecule has 238 valence electrons. The summed E-state index contributed by atoms with van der Waals surface area (Å²) in [6.07, 6.45) is 8.41. The summed E-state index contributed by atoms with van der Waals surface area (Å²) in [5.41, 5.74) is 9.94. The van der Waals surface area contributed by atoms with Gasteiger partial charge in [0.05, 0.1) is 19.9 Å². The van der Waals surface area contributed by atoms with E-state index in [1.54, 1.807) is 6.92 Å². The van der Waals surface area contributed by atoms with E-state index in [2.05, 4.69) is 34.1 Å². The molecule has 0 aromatic carbocycles. The zero-order valence-electron chi connectivity index (χ0n) is 27.4. The number of H-pyrrole nitrogens is 2. The number of ether oxygens (including phenoxy) is 2. The van der Waals surface area contributed by atoms with Crippen molar-refractivity contribution in [1.82, 2.24) is 15.3 Å². The molecule has 2 aromatic heterocycles. The lowest BCUT2D eigenvalue weighted by atomic mass is 10.0. The molecule has 2 aromatic rings. The van der Waals surface area contributed by atoms with Crippen LogP contribution in [0, 0.1) is 13.8 Å². The largest absolute Gasteiger partial charge is 0.469 e. The van der Waals surface area contributed by atoms with Crippen molar-refractivity contribution in [2.45, 2.75) is 80.1 Å². The Morgan fingerprint density at radius 3 is 2.00 bits per heavy atom. The molecule has 10 heteroatoms. The van der Waals surface area contributed by atoms with Crippen molar-refractivity contribution in [3.05, 3.63) is 72.3 Å². The van der Waals surface area contributed by atoms with Gasteiger partial charge in [0.1, 0.15) is 0 Å². The minimum atomic E-state index is -0.353. The second-order valence-corrected chi connectivity index (χ2v) is 11.3. The van der Waals surface area contributed by atoms with Crippen LogP contribution in [0.2, 0.25) is 0 Å². The van der Waals surface area contributed by atoms with Crippen LogP contribution in [0.15, 0.2) is 33.0 Å². The highest BCUT2D eigenvalue weighted by atomic mass is 16.5. The monoisotopic (exact) mass is 614 g/mol. The summed E-state index contributed by atoms with van der Waals surface area (Å²) in [4.78, 5) is 60.3. The molecule has 0 spiro atoms. The van der Waals surface area contributed by atoms with Crippen LogP contribution < -0.4 is 16.0 Å². The van der Waals surface area contributed by atoms with Gasteiger partial charge < -0.3 is 24.8 Å². The van der Waals surface area contributed by atoms with Crippen LogP contribution in [0.5, 0.6) is 0 Å². The van der Waals surface area contributed by atoms with E-state index in [4.69, 9.17) is 9.47 Å². The Morgan fingerprint density at radius 2 is 1.40 bits per heavy atom. The molecule has 0 aliphatic carbocycles. The molecule has 0 fully saturated rings. The first-order valence-electron chi connectivity index (χ1n) is 15.3. The van der Waals surface area contributed by atoms with Crippen LogP contribution in [-0.2, 0) is 41.5 Å². The number of allylic oxidation sites excluding steroid dienone is 2. The van der Waals surface area contributed by atoms with Crippen LogP contribution >= 0.6 is 0 Å². The highest BCUT2D eigenvalue weighted by Gasteiger charge is 2.26. The van der Waals surface area contributed by atoms with Crippen LogP contribution in [-0.4, -0.2) is 53.7 Å². The van der Waals surface area contributed by atoms with Gasteiger partial charge >= 0.3 is 11.9 Å². The average molecular weight is 615 g/mol. The molecule has 0 bridgehead atoms. The van der Waals surface area contributed by atoms with Crippen molar-refractivity contribution in [3.8, 4) is 0 Å². The van der Waals surface area contributed by atoms with Crippen molar-refractivity contribution in [3.63, 3.8) is 0 Å². The lowest BCUT2D eigenvalue weighted by Gasteiger charge is -2.07. The van der Waals surface area contributed by atoms with E-state index in [0.29, 0.717) is 36.2 Å². The number of esters is 2. The van der Waals surface area contributed by atoms with Crippen molar-refractivity contribution >= 4 is 47.7 Å². The van der Waals surface area contributed by atoms with Crippen molar-refractivity contribution in [2.24, 2.45) is 4.99 Å². The lowest BCUT2D eigenvalue weighted by Crippen LogP contribution is -2.15. The maximum Gasteiger partial charge on any atom is 0.305 e. The van der Waals surface area contributed by atoms with Crippen molar-refractivity contribution in [2.75, 3.05) is 14.2 Å². The van der Waals surface area contributed by atoms with Crippen LogP contribution in [0.4, 0.5) is 0 Å². The van der Waals surface area contributed by atoms with Crippen molar-refractivity contribution < 1.29 is 28.7 Å². The fourth-order valence-electron chi connectivity index (χ4n) is 5.96. The molecule has 4 heterocycles. The van der Waals surface area contributed by atoms with E-state index in [1.165, 1.54) is 14.2 Å². The van der Waals surface area contributed by atoms with Crippen molar-refractivity contribution in [1.29, 1.82) is 0 Å². The minimum absolute atomic E-state index is 0.147. The first-order valence-corrected chi connectivity index (χ1v) is 15.3. The fourth-order valence-corrected chi connectivity index (χ4v) is 5.96. The Kier molecular flexibility index (Phi) is 10.3. The van der Waals surface area contributed by atoms with Gasteiger partial charge in [-0.05, 0) is 105 Å². The second-order valence-electron chi connectivity index (χ2n) is 11.3. The first kappa shape index (κ1) is 33.2. The maximum absolute atomic E-state index is 12.6. The average Bonchev–Trinajstić information content (AvgIpc) is 3.66. The molecule has 10 nitrogen and oxygen atoms in total. The molecule has 0 atom stereocenters. The molecule has 2 aliphatic heterocycles. The summed E-state index contributed by atoms with van der Waals surface area (Å²) in [6.45, 7) is 11.8. The SMILES string of the molecule is CCC1=C(C)C(/C=c2\[nH]/c(=C\c3[nH]c(/C=C4\NC(=O)C(C)=C4CCC(=O)OC)c(CCC(=O)OC)c3C)c(C)c2CC)=NC1=O. The van der Waals surface area contributed by atoms with Crippen LogP contribution in [0.3, 0.4) is 0 Å². The van der Waals surface area contributed by atoms with Gasteiger partial charge in [0.15, 0.2) is 0 Å². The number of carbonyl (C=O) groups excluding carboxylic acids is 4. The second kappa shape index (κ2) is 13.9. The number of aliphatic imine (C=N–C) groups is 1. The van der Waals surface area contributed by atoms with Crippen LogP contribution in [0.1, 0.15) is 87.0 Å². The van der Waals surface area contributed by atoms with E-state index in [0.717, 1.165) is 67.5 Å².